The lowest BCUT2D eigenvalue weighted by Crippen LogP contribution is -2.45. The number of carbonyl (C=O) groups is 4. The summed E-state index contributed by atoms with van der Waals surface area (Å²) < 4.78 is 5.06. The number of hydrogen-bond donors (Lipinski definition) is 2. The van der Waals surface area contributed by atoms with E-state index in [4.69, 9.17) is 4.74 Å². The topological polar surface area (TPSA) is 105 Å². The zero-order valence-corrected chi connectivity index (χ0v) is 15.9. The molecule has 2 atom stereocenters. The molecule has 2 heterocycles. The van der Waals surface area contributed by atoms with Crippen molar-refractivity contribution < 1.29 is 23.9 Å². The van der Waals surface area contributed by atoms with Crippen LogP contribution in [0.2, 0.25) is 0 Å². The van der Waals surface area contributed by atoms with Crippen molar-refractivity contribution in [2.45, 2.75) is 38.6 Å². The number of esters is 1. The van der Waals surface area contributed by atoms with Crippen LogP contribution in [0.4, 0.5) is 5.69 Å². The SMILES string of the molecule is CCOC(=O)[C@@H]1CCCN(C(=O)CC[C@H]2NC(=O)c3ccccc3NC2=O)C1. The van der Waals surface area contributed by atoms with E-state index in [1.165, 1.54) is 0 Å². The van der Waals surface area contributed by atoms with Gasteiger partial charge in [0.1, 0.15) is 6.04 Å². The van der Waals surface area contributed by atoms with Gasteiger partial charge < -0.3 is 20.3 Å². The maximum atomic E-state index is 12.6. The molecule has 150 valence electrons. The van der Waals surface area contributed by atoms with Gasteiger partial charge in [-0.1, -0.05) is 12.1 Å². The molecule has 0 aromatic heterocycles. The number of piperidine rings is 1. The lowest BCUT2D eigenvalue weighted by Gasteiger charge is -2.31. The predicted molar refractivity (Wildman–Crippen MR) is 101 cm³/mol. The second-order valence-corrected chi connectivity index (χ2v) is 7.03. The van der Waals surface area contributed by atoms with Crippen molar-refractivity contribution in [3.05, 3.63) is 29.8 Å². The fourth-order valence-electron chi connectivity index (χ4n) is 3.60. The summed E-state index contributed by atoms with van der Waals surface area (Å²) in [6.07, 6.45) is 1.77. The molecule has 0 aliphatic carbocycles. The van der Waals surface area contributed by atoms with Crippen LogP contribution in [0.15, 0.2) is 24.3 Å². The monoisotopic (exact) mass is 387 g/mol. The van der Waals surface area contributed by atoms with Crippen LogP contribution >= 0.6 is 0 Å². The van der Waals surface area contributed by atoms with Crippen molar-refractivity contribution in [3.63, 3.8) is 0 Å². The quantitative estimate of drug-likeness (QED) is 0.742. The Morgan fingerprint density at radius 3 is 2.82 bits per heavy atom. The van der Waals surface area contributed by atoms with E-state index in [0.717, 1.165) is 6.42 Å². The molecule has 2 N–H and O–H groups in total. The number of carbonyl (C=O) groups excluding carboxylic acids is 4. The lowest BCUT2D eigenvalue weighted by atomic mass is 9.97. The number of nitrogens with one attached hydrogen (secondary N) is 2. The standard InChI is InChI=1S/C20H25N3O5/c1-2-28-20(27)13-6-5-11-23(12-13)17(24)10-9-16-19(26)21-15-8-4-3-7-14(15)18(25)22-16/h3-4,7-8,13,16H,2,5-6,9-12H2,1H3,(H,21,26)(H,22,25)/t13-,16-/m1/s1. The smallest absolute Gasteiger partial charge is 0.310 e. The molecule has 0 spiro atoms. The van der Waals surface area contributed by atoms with Crippen molar-refractivity contribution in [1.29, 1.82) is 0 Å². The molecule has 8 heteroatoms. The highest BCUT2D eigenvalue weighted by Gasteiger charge is 2.31. The van der Waals surface area contributed by atoms with E-state index < -0.39 is 6.04 Å². The Morgan fingerprint density at radius 1 is 1.25 bits per heavy atom. The third kappa shape index (κ3) is 4.49. The Hall–Kier alpha value is -2.90. The summed E-state index contributed by atoms with van der Waals surface area (Å²) in [5.41, 5.74) is 0.866. The van der Waals surface area contributed by atoms with Gasteiger partial charge in [0.05, 0.1) is 23.8 Å². The van der Waals surface area contributed by atoms with E-state index in [9.17, 15) is 19.2 Å². The molecule has 0 saturated carbocycles. The molecule has 0 unspecified atom stereocenters. The molecule has 1 fully saturated rings. The van der Waals surface area contributed by atoms with Gasteiger partial charge in [-0.2, -0.15) is 0 Å². The van der Waals surface area contributed by atoms with Crippen LogP contribution in [-0.2, 0) is 19.1 Å². The number of fused-ring (bicyclic) bond motifs is 1. The zero-order chi connectivity index (χ0) is 20.1. The number of amides is 3. The van der Waals surface area contributed by atoms with Crippen molar-refractivity contribution in [1.82, 2.24) is 10.2 Å². The highest BCUT2D eigenvalue weighted by Crippen LogP contribution is 2.21. The maximum absolute atomic E-state index is 12.6. The summed E-state index contributed by atoms with van der Waals surface area (Å²) in [6, 6.07) is 6.00. The third-order valence-electron chi connectivity index (χ3n) is 5.09. The normalized spacial score (nSPS) is 21.8. The Bertz CT molecular complexity index is 779. The van der Waals surface area contributed by atoms with Gasteiger partial charge in [0.15, 0.2) is 0 Å². The number of likely N-dealkylation sites (tertiary alicyclic amines) is 1. The van der Waals surface area contributed by atoms with E-state index in [2.05, 4.69) is 10.6 Å². The third-order valence-corrected chi connectivity index (χ3v) is 5.09. The second kappa shape index (κ2) is 8.86. The number of ether oxygens (including phenoxy) is 1. The Labute approximate surface area is 163 Å². The summed E-state index contributed by atoms with van der Waals surface area (Å²) in [4.78, 5) is 50.9. The molecule has 0 bridgehead atoms. The van der Waals surface area contributed by atoms with E-state index in [1.54, 1.807) is 36.1 Å². The van der Waals surface area contributed by atoms with Crippen molar-refractivity contribution in [2.75, 3.05) is 25.0 Å². The lowest BCUT2D eigenvalue weighted by molar-refractivity contribution is -0.151. The Morgan fingerprint density at radius 2 is 2.04 bits per heavy atom. The number of rotatable bonds is 5. The van der Waals surface area contributed by atoms with E-state index in [-0.39, 0.29) is 42.5 Å². The van der Waals surface area contributed by atoms with Crippen molar-refractivity contribution in [2.24, 2.45) is 5.92 Å². The summed E-state index contributed by atoms with van der Waals surface area (Å²) in [5, 5.41) is 5.42. The molecule has 8 nitrogen and oxygen atoms in total. The molecule has 3 rings (SSSR count). The minimum atomic E-state index is -0.783. The number of para-hydroxylation sites is 1. The average molecular weight is 387 g/mol. The van der Waals surface area contributed by atoms with Crippen molar-refractivity contribution in [3.8, 4) is 0 Å². The van der Waals surface area contributed by atoms with Gasteiger partial charge >= 0.3 is 5.97 Å². The molecule has 3 amide bonds. The van der Waals surface area contributed by atoms with Crippen LogP contribution in [0.25, 0.3) is 0 Å². The van der Waals surface area contributed by atoms with Crippen LogP contribution in [0.5, 0.6) is 0 Å². The van der Waals surface area contributed by atoms with Gasteiger partial charge in [-0.3, -0.25) is 19.2 Å². The van der Waals surface area contributed by atoms with Crippen LogP contribution in [0.3, 0.4) is 0 Å². The predicted octanol–water partition coefficient (Wildman–Crippen LogP) is 1.32. The maximum Gasteiger partial charge on any atom is 0.310 e. The van der Waals surface area contributed by atoms with Gasteiger partial charge in [0.25, 0.3) is 5.91 Å². The first kappa shape index (κ1) is 19.9. The first-order chi connectivity index (χ1) is 13.5. The fraction of sp³-hybridized carbons (Fsp3) is 0.500. The van der Waals surface area contributed by atoms with Gasteiger partial charge in [-0.25, -0.2) is 0 Å². The Balaban J connectivity index is 1.56. The van der Waals surface area contributed by atoms with Crippen LogP contribution in [0, 0.1) is 5.92 Å². The molecule has 2 aliphatic heterocycles. The molecule has 1 aromatic rings. The average Bonchev–Trinajstić information content (AvgIpc) is 2.82. The number of benzene rings is 1. The van der Waals surface area contributed by atoms with Crippen LogP contribution in [-0.4, -0.2) is 54.3 Å². The van der Waals surface area contributed by atoms with E-state index >= 15 is 0 Å². The Kier molecular flexibility index (Phi) is 6.28. The molecular weight excluding hydrogens is 362 g/mol. The summed E-state index contributed by atoms with van der Waals surface area (Å²) in [6.45, 7) is 3.01. The summed E-state index contributed by atoms with van der Waals surface area (Å²) >= 11 is 0. The minimum absolute atomic E-state index is 0.115. The first-order valence-electron chi connectivity index (χ1n) is 9.64. The largest absolute Gasteiger partial charge is 0.466 e. The zero-order valence-electron chi connectivity index (χ0n) is 15.9. The minimum Gasteiger partial charge on any atom is -0.466 e. The van der Waals surface area contributed by atoms with E-state index in [0.29, 0.717) is 37.4 Å². The van der Waals surface area contributed by atoms with Gasteiger partial charge in [0.2, 0.25) is 11.8 Å². The summed E-state index contributed by atoms with van der Waals surface area (Å²) in [7, 11) is 0. The van der Waals surface area contributed by atoms with Gasteiger partial charge in [0, 0.05) is 19.5 Å². The molecule has 0 radical (unpaired) electrons. The molecule has 1 saturated heterocycles. The van der Waals surface area contributed by atoms with Gasteiger partial charge in [-0.15, -0.1) is 0 Å². The molecule has 2 aliphatic rings. The fourth-order valence-corrected chi connectivity index (χ4v) is 3.60. The molecular formula is C20H25N3O5. The first-order valence-corrected chi connectivity index (χ1v) is 9.64. The second-order valence-electron chi connectivity index (χ2n) is 7.03. The number of anilines is 1. The van der Waals surface area contributed by atoms with Crippen LogP contribution in [0.1, 0.15) is 43.0 Å². The number of nitrogens with zero attached hydrogens (tertiary/aromatic N) is 1. The highest BCUT2D eigenvalue weighted by molar-refractivity contribution is 6.09. The molecule has 28 heavy (non-hydrogen) atoms. The number of hydrogen-bond acceptors (Lipinski definition) is 5. The molecule has 1 aromatic carbocycles. The van der Waals surface area contributed by atoms with Gasteiger partial charge in [-0.05, 0) is 38.3 Å². The van der Waals surface area contributed by atoms with Crippen LogP contribution < -0.4 is 10.6 Å². The summed E-state index contributed by atoms with van der Waals surface area (Å²) in [5.74, 6) is -1.38. The van der Waals surface area contributed by atoms with Crippen molar-refractivity contribution >= 4 is 29.4 Å². The highest BCUT2D eigenvalue weighted by atomic mass is 16.5. The van der Waals surface area contributed by atoms with E-state index in [1.807, 2.05) is 0 Å².